The molecule has 0 fully saturated rings. The van der Waals surface area contributed by atoms with E-state index in [0.29, 0.717) is 0 Å². The molecule has 0 saturated carbocycles. The predicted molar refractivity (Wildman–Crippen MR) is 84.1 cm³/mol. The van der Waals surface area contributed by atoms with Crippen molar-refractivity contribution in [2.75, 3.05) is 7.11 Å². The molecule has 5 nitrogen and oxygen atoms in total. The first-order valence-corrected chi connectivity index (χ1v) is 6.70. The fourth-order valence-corrected chi connectivity index (χ4v) is 2.27. The molecule has 0 aliphatic carbocycles. The molecule has 0 bridgehead atoms. The van der Waals surface area contributed by atoms with Gasteiger partial charge in [-0.05, 0) is 55.8 Å². The van der Waals surface area contributed by atoms with Crippen LogP contribution in [-0.2, 0) is 0 Å². The number of nitrogen functional groups attached to an aromatic ring is 1. The standard InChI is InChI=1S/C16H19N3O2/c1-10(2)19-14(9-8-13(15(17)18)16(19)20)11-4-6-12(21-3)7-5-11/h4-10H,1-3H3,(H3,17,18). The van der Waals surface area contributed by atoms with Gasteiger partial charge in [-0.25, -0.2) is 0 Å². The second-order valence-corrected chi connectivity index (χ2v) is 5.04. The maximum Gasteiger partial charge on any atom is 0.262 e. The SMILES string of the molecule is COc1ccc(-c2ccc(C(=N)N)c(=O)n2C(C)C)cc1. The van der Waals surface area contributed by atoms with E-state index in [0.717, 1.165) is 17.0 Å². The Bertz CT molecular complexity index is 715. The van der Waals surface area contributed by atoms with E-state index in [1.165, 1.54) is 0 Å². The van der Waals surface area contributed by atoms with E-state index in [1.54, 1.807) is 17.7 Å². The van der Waals surface area contributed by atoms with E-state index < -0.39 is 0 Å². The van der Waals surface area contributed by atoms with E-state index in [1.807, 2.05) is 44.2 Å². The van der Waals surface area contributed by atoms with Crippen molar-refractivity contribution in [3.63, 3.8) is 0 Å². The number of benzene rings is 1. The van der Waals surface area contributed by atoms with Gasteiger partial charge in [0.25, 0.3) is 5.56 Å². The second kappa shape index (κ2) is 5.83. The van der Waals surface area contributed by atoms with Crippen LogP contribution in [0.25, 0.3) is 11.3 Å². The molecule has 0 amide bonds. The lowest BCUT2D eigenvalue weighted by molar-refractivity contribution is 0.415. The third kappa shape index (κ3) is 2.81. The molecule has 0 saturated heterocycles. The summed E-state index contributed by atoms with van der Waals surface area (Å²) in [6, 6.07) is 10.9. The van der Waals surface area contributed by atoms with Gasteiger partial charge in [-0.2, -0.15) is 0 Å². The summed E-state index contributed by atoms with van der Waals surface area (Å²) in [5.41, 5.74) is 7.15. The average Bonchev–Trinajstić information content (AvgIpc) is 2.46. The van der Waals surface area contributed by atoms with Gasteiger partial charge in [0.05, 0.1) is 18.4 Å². The fourth-order valence-electron chi connectivity index (χ4n) is 2.27. The van der Waals surface area contributed by atoms with Crippen molar-refractivity contribution in [1.29, 1.82) is 5.41 Å². The van der Waals surface area contributed by atoms with Gasteiger partial charge in [-0.3, -0.25) is 10.2 Å². The molecule has 0 aliphatic heterocycles. The molecular formula is C16H19N3O2. The number of nitrogens with one attached hydrogen (secondary N) is 1. The number of ether oxygens (including phenoxy) is 1. The Kier molecular flexibility index (Phi) is 4.12. The Morgan fingerprint density at radius 3 is 2.29 bits per heavy atom. The summed E-state index contributed by atoms with van der Waals surface area (Å²) in [4.78, 5) is 12.5. The number of hydrogen-bond acceptors (Lipinski definition) is 3. The van der Waals surface area contributed by atoms with Gasteiger partial charge in [-0.15, -0.1) is 0 Å². The molecule has 1 aromatic heterocycles. The molecule has 0 atom stereocenters. The van der Waals surface area contributed by atoms with Gasteiger partial charge in [0.2, 0.25) is 0 Å². The highest BCUT2D eigenvalue weighted by atomic mass is 16.5. The van der Waals surface area contributed by atoms with Crippen LogP contribution in [-0.4, -0.2) is 17.5 Å². The summed E-state index contributed by atoms with van der Waals surface area (Å²) < 4.78 is 6.80. The third-order valence-corrected chi connectivity index (χ3v) is 3.31. The van der Waals surface area contributed by atoms with Gasteiger partial charge in [-0.1, -0.05) is 0 Å². The number of hydrogen-bond donors (Lipinski definition) is 2. The molecule has 110 valence electrons. The van der Waals surface area contributed by atoms with Crippen LogP contribution in [0.5, 0.6) is 5.75 Å². The van der Waals surface area contributed by atoms with Crippen LogP contribution >= 0.6 is 0 Å². The van der Waals surface area contributed by atoms with Crippen LogP contribution in [0, 0.1) is 5.41 Å². The Morgan fingerprint density at radius 1 is 1.19 bits per heavy atom. The first-order chi connectivity index (χ1) is 9.95. The molecular weight excluding hydrogens is 266 g/mol. The zero-order valence-corrected chi connectivity index (χ0v) is 12.4. The quantitative estimate of drug-likeness (QED) is 0.668. The zero-order chi connectivity index (χ0) is 15.6. The lowest BCUT2D eigenvalue weighted by Crippen LogP contribution is -2.31. The normalized spacial score (nSPS) is 10.7. The second-order valence-electron chi connectivity index (χ2n) is 5.04. The first-order valence-electron chi connectivity index (χ1n) is 6.70. The Morgan fingerprint density at radius 2 is 1.81 bits per heavy atom. The maximum absolute atomic E-state index is 12.5. The molecule has 0 radical (unpaired) electrons. The number of pyridine rings is 1. The summed E-state index contributed by atoms with van der Waals surface area (Å²) in [6.45, 7) is 3.86. The van der Waals surface area contributed by atoms with Crippen molar-refractivity contribution in [2.24, 2.45) is 5.73 Å². The molecule has 1 aromatic carbocycles. The van der Waals surface area contributed by atoms with Gasteiger partial charge >= 0.3 is 0 Å². The van der Waals surface area contributed by atoms with Crippen LogP contribution in [0.4, 0.5) is 0 Å². The van der Waals surface area contributed by atoms with Crippen molar-refractivity contribution in [3.05, 3.63) is 52.3 Å². The number of amidine groups is 1. The van der Waals surface area contributed by atoms with E-state index in [-0.39, 0.29) is 23.0 Å². The van der Waals surface area contributed by atoms with E-state index in [2.05, 4.69) is 0 Å². The monoisotopic (exact) mass is 285 g/mol. The van der Waals surface area contributed by atoms with Gasteiger partial charge in [0.1, 0.15) is 11.6 Å². The minimum absolute atomic E-state index is 0.0334. The molecule has 0 aliphatic rings. The lowest BCUT2D eigenvalue weighted by Gasteiger charge is -2.18. The number of rotatable bonds is 4. The number of methoxy groups -OCH3 is 1. The summed E-state index contributed by atoms with van der Waals surface area (Å²) in [5, 5.41) is 7.49. The van der Waals surface area contributed by atoms with Gasteiger partial charge in [0, 0.05) is 6.04 Å². The van der Waals surface area contributed by atoms with Crippen LogP contribution in [0.2, 0.25) is 0 Å². The zero-order valence-electron chi connectivity index (χ0n) is 12.4. The molecule has 0 spiro atoms. The average molecular weight is 285 g/mol. The number of aromatic nitrogens is 1. The van der Waals surface area contributed by atoms with Crippen LogP contribution in [0.15, 0.2) is 41.2 Å². The van der Waals surface area contributed by atoms with Crippen molar-refractivity contribution in [1.82, 2.24) is 4.57 Å². The number of nitrogens with zero attached hydrogens (tertiary/aromatic N) is 1. The van der Waals surface area contributed by atoms with E-state index >= 15 is 0 Å². The minimum atomic E-state index is -0.245. The Labute approximate surface area is 123 Å². The Hall–Kier alpha value is -2.56. The molecule has 1 heterocycles. The van der Waals surface area contributed by atoms with Crippen molar-refractivity contribution in [2.45, 2.75) is 19.9 Å². The summed E-state index contributed by atoms with van der Waals surface area (Å²) in [7, 11) is 1.61. The lowest BCUT2D eigenvalue weighted by atomic mass is 10.1. The fraction of sp³-hybridized carbons (Fsp3) is 0.250. The van der Waals surface area contributed by atoms with E-state index in [9.17, 15) is 4.79 Å². The molecule has 2 rings (SSSR count). The van der Waals surface area contributed by atoms with Crippen molar-refractivity contribution < 1.29 is 4.74 Å². The van der Waals surface area contributed by atoms with Crippen LogP contribution in [0.3, 0.4) is 0 Å². The van der Waals surface area contributed by atoms with Crippen LogP contribution in [0.1, 0.15) is 25.5 Å². The van der Waals surface area contributed by atoms with E-state index in [4.69, 9.17) is 15.9 Å². The molecule has 0 unspecified atom stereocenters. The molecule has 5 heteroatoms. The van der Waals surface area contributed by atoms with Crippen molar-refractivity contribution >= 4 is 5.84 Å². The van der Waals surface area contributed by atoms with Crippen molar-refractivity contribution in [3.8, 4) is 17.0 Å². The first kappa shape index (κ1) is 14.8. The van der Waals surface area contributed by atoms with Gasteiger partial charge < -0.3 is 15.0 Å². The number of nitrogens with two attached hydrogens (primary N) is 1. The van der Waals surface area contributed by atoms with Crippen LogP contribution < -0.4 is 16.0 Å². The Balaban J connectivity index is 2.65. The predicted octanol–water partition coefficient (Wildman–Crippen LogP) is 2.39. The summed E-state index contributed by atoms with van der Waals surface area (Å²) >= 11 is 0. The summed E-state index contributed by atoms with van der Waals surface area (Å²) in [6.07, 6.45) is 0. The largest absolute Gasteiger partial charge is 0.497 e. The molecule has 21 heavy (non-hydrogen) atoms. The molecule has 3 N–H and O–H groups in total. The topological polar surface area (TPSA) is 81.1 Å². The highest BCUT2D eigenvalue weighted by Crippen LogP contribution is 2.23. The van der Waals surface area contributed by atoms with Gasteiger partial charge in [0.15, 0.2) is 0 Å². The minimum Gasteiger partial charge on any atom is -0.497 e. The third-order valence-electron chi connectivity index (χ3n) is 3.31. The highest BCUT2D eigenvalue weighted by molar-refractivity contribution is 5.94. The maximum atomic E-state index is 12.5. The molecule has 2 aromatic rings. The smallest absolute Gasteiger partial charge is 0.262 e. The summed E-state index contributed by atoms with van der Waals surface area (Å²) in [5.74, 6) is 0.549. The highest BCUT2D eigenvalue weighted by Gasteiger charge is 2.14.